The van der Waals surface area contributed by atoms with Crippen molar-refractivity contribution in [2.24, 2.45) is 0 Å². The van der Waals surface area contributed by atoms with E-state index in [0.29, 0.717) is 31.7 Å². The van der Waals surface area contributed by atoms with Crippen molar-refractivity contribution in [1.29, 1.82) is 0 Å². The van der Waals surface area contributed by atoms with Crippen LogP contribution in [0.25, 0.3) is 0 Å². The first-order valence-electron chi connectivity index (χ1n) is 7.01. The van der Waals surface area contributed by atoms with Gasteiger partial charge in [-0.15, -0.1) is 0 Å². The molecule has 0 unspecified atom stereocenters. The topological polar surface area (TPSA) is 58.6 Å². The van der Waals surface area contributed by atoms with Gasteiger partial charge in [-0.05, 0) is 31.0 Å². The fourth-order valence-corrected chi connectivity index (χ4v) is 2.37. The molecule has 0 atom stereocenters. The van der Waals surface area contributed by atoms with Crippen LogP contribution in [0.4, 0.5) is 4.39 Å². The Morgan fingerprint density at radius 3 is 2.95 bits per heavy atom. The summed E-state index contributed by atoms with van der Waals surface area (Å²) in [5.74, 6) is -0.348. The van der Waals surface area contributed by atoms with E-state index in [2.05, 4.69) is 5.32 Å². The van der Waals surface area contributed by atoms with Crippen LogP contribution in [0.15, 0.2) is 18.2 Å². The number of nitrogens with one attached hydrogen (secondary N) is 1. The molecule has 1 fully saturated rings. The molecule has 0 aliphatic carbocycles. The minimum Gasteiger partial charge on any atom is -0.496 e. The average Bonchev–Trinajstić information content (AvgIpc) is 2.88. The molecule has 1 aromatic rings. The molecule has 5 nitrogen and oxygen atoms in total. The molecule has 0 aromatic heterocycles. The van der Waals surface area contributed by atoms with Gasteiger partial charge in [0.2, 0.25) is 5.91 Å². The van der Waals surface area contributed by atoms with Crippen LogP contribution in [0.5, 0.6) is 5.75 Å². The summed E-state index contributed by atoms with van der Waals surface area (Å²) in [5.41, 5.74) is 0.176. The first kappa shape index (κ1) is 15.3. The van der Waals surface area contributed by atoms with Gasteiger partial charge in [0.05, 0.1) is 12.7 Å². The van der Waals surface area contributed by atoms with E-state index in [0.717, 1.165) is 19.0 Å². The zero-order valence-electron chi connectivity index (χ0n) is 12.0. The highest BCUT2D eigenvalue weighted by molar-refractivity contribution is 5.96. The lowest BCUT2D eigenvalue weighted by molar-refractivity contribution is -0.127. The number of rotatable bonds is 6. The van der Waals surface area contributed by atoms with E-state index in [4.69, 9.17) is 4.74 Å². The third-order valence-electron chi connectivity index (χ3n) is 3.47. The molecule has 114 valence electrons. The van der Waals surface area contributed by atoms with Gasteiger partial charge in [-0.3, -0.25) is 9.59 Å². The molecular formula is C15H19FN2O3. The summed E-state index contributed by atoms with van der Waals surface area (Å²) in [6.45, 7) is 1.87. The number of halogens is 1. The highest BCUT2D eigenvalue weighted by atomic mass is 19.1. The second kappa shape index (κ2) is 7.06. The van der Waals surface area contributed by atoms with Crippen LogP contribution in [0, 0.1) is 5.82 Å². The van der Waals surface area contributed by atoms with Gasteiger partial charge in [-0.1, -0.05) is 0 Å². The quantitative estimate of drug-likeness (QED) is 0.810. The van der Waals surface area contributed by atoms with E-state index in [-0.39, 0.29) is 17.4 Å². The third-order valence-corrected chi connectivity index (χ3v) is 3.47. The molecular weight excluding hydrogens is 275 g/mol. The molecule has 0 radical (unpaired) electrons. The monoisotopic (exact) mass is 294 g/mol. The summed E-state index contributed by atoms with van der Waals surface area (Å²) in [7, 11) is 1.43. The van der Waals surface area contributed by atoms with Crippen molar-refractivity contribution in [2.75, 3.05) is 26.7 Å². The summed E-state index contributed by atoms with van der Waals surface area (Å²) in [6, 6.07) is 3.82. The third kappa shape index (κ3) is 3.93. The Hall–Kier alpha value is -2.11. The van der Waals surface area contributed by atoms with Crippen molar-refractivity contribution in [3.63, 3.8) is 0 Å². The highest BCUT2D eigenvalue weighted by Gasteiger charge is 2.19. The molecule has 1 aliphatic rings. The number of likely N-dealkylation sites (tertiary alicyclic amines) is 1. The van der Waals surface area contributed by atoms with Gasteiger partial charge < -0.3 is 15.0 Å². The van der Waals surface area contributed by atoms with Crippen LogP contribution in [0.1, 0.15) is 29.6 Å². The van der Waals surface area contributed by atoms with Gasteiger partial charge in [0.1, 0.15) is 11.6 Å². The van der Waals surface area contributed by atoms with Gasteiger partial charge in [0, 0.05) is 26.1 Å². The summed E-state index contributed by atoms with van der Waals surface area (Å²) < 4.78 is 18.2. The largest absolute Gasteiger partial charge is 0.496 e. The number of nitrogens with zero attached hydrogens (tertiary/aromatic N) is 1. The fraction of sp³-hybridized carbons (Fsp3) is 0.467. The SMILES string of the molecule is COc1ccc(F)cc1C(=O)NCCCN1CCCC1=O. The molecule has 1 saturated heterocycles. The van der Waals surface area contributed by atoms with Crippen molar-refractivity contribution in [3.05, 3.63) is 29.6 Å². The minimum atomic E-state index is -0.483. The normalized spacial score (nSPS) is 14.4. The number of hydrogen-bond acceptors (Lipinski definition) is 3. The summed E-state index contributed by atoms with van der Waals surface area (Å²) in [5, 5.41) is 2.72. The molecule has 1 N–H and O–H groups in total. The number of benzene rings is 1. The van der Waals surface area contributed by atoms with Crippen LogP contribution in [0.2, 0.25) is 0 Å². The van der Waals surface area contributed by atoms with E-state index in [1.807, 2.05) is 0 Å². The minimum absolute atomic E-state index is 0.174. The first-order chi connectivity index (χ1) is 10.1. The maximum atomic E-state index is 13.2. The van der Waals surface area contributed by atoms with E-state index in [9.17, 15) is 14.0 Å². The number of ether oxygens (including phenoxy) is 1. The van der Waals surface area contributed by atoms with Gasteiger partial charge in [-0.25, -0.2) is 4.39 Å². The molecule has 1 heterocycles. The Labute approximate surface area is 123 Å². The Morgan fingerprint density at radius 2 is 2.29 bits per heavy atom. The number of hydrogen-bond donors (Lipinski definition) is 1. The smallest absolute Gasteiger partial charge is 0.255 e. The second-order valence-electron chi connectivity index (χ2n) is 4.94. The lowest BCUT2D eigenvalue weighted by Gasteiger charge is -2.15. The summed E-state index contributed by atoms with van der Waals surface area (Å²) >= 11 is 0. The molecule has 0 saturated carbocycles. The predicted octanol–water partition coefficient (Wildman–Crippen LogP) is 1.58. The average molecular weight is 294 g/mol. The molecule has 21 heavy (non-hydrogen) atoms. The molecule has 6 heteroatoms. The van der Waals surface area contributed by atoms with Crippen molar-refractivity contribution >= 4 is 11.8 Å². The standard InChI is InChI=1S/C15H19FN2O3/c1-21-13-6-5-11(16)10-12(13)15(20)17-7-3-9-18-8-2-4-14(18)19/h5-6,10H,2-4,7-9H2,1H3,(H,17,20). The summed E-state index contributed by atoms with van der Waals surface area (Å²) in [6.07, 6.45) is 2.20. The van der Waals surface area contributed by atoms with Gasteiger partial charge in [0.25, 0.3) is 5.91 Å². The second-order valence-corrected chi connectivity index (χ2v) is 4.94. The van der Waals surface area contributed by atoms with Crippen molar-refractivity contribution in [2.45, 2.75) is 19.3 Å². The van der Waals surface area contributed by atoms with Gasteiger partial charge in [0.15, 0.2) is 0 Å². The zero-order chi connectivity index (χ0) is 15.2. The van der Waals surface area contributed by atoms with E-state index in [1.165, 1.54) is 19.2 Å². The Kier molecular flexibility index (Phi) is 5.14. The van der Waals surface area contributed by atoms with E-state index >= 15 is 0 Å². The first-order valence-corrected chi connectivity index (χ1v) is 7.01. The number of carbonyl (C=O) groups excluding carboxylic acids is 2. The van der Waals surface area contributed by atoms with Gasteiger partial charge >= 0.3 is 0 Å². The van der Waals surface area contributed by atoms with E-state index < -0.39 is 5.82 Å². The Bertz CT molecular complexity index is 534. The molecule has 2 amide bonds. The molecule has 2 rings (SSSR count). The Morgan fingerprint density at radius 1 is 1.48 bits per heavy atom. The molecule has 0 spiro atoms. The summed E-state index contributed by atoms with van der Waals surface area (Å²) in [4.78, 5) is 25.2. The van der Waals surface area contributed by atoms with Crippen molar-refractivity contribution in [3.8, 4) is 5.75 Å². The lowest BCUT2D eigenvalue weighted by atomic mass is 10.2. The van der Waals surface area contributed by atoms with Gasteiger partial charge in [-0.2, -0.15) is 0 Å². The van der Waals surface area contributed by atoms with Crippen molar-refractivity contribution in [1.82, 2.24) is 10.2 Å². The number of amides is 2. The lowest BCUT2D eigenvalue weighted by Crippen LogP contribution is -2.30. The fourth-order valence-electron chi connectivity index (χ4n) is 2.37. The van der Waals surface area contributed by atoms with Crippen LogP contribution < -0.4 is 10.1 Å². The number of carbonyl (C=O) groups is 2. The van der Waals surface area contributed by atoms with Crippen LogP contribution in [-0.2, 0) is 4.79 Å². The maximum Gasteiger partial charge on any atom is 0.255 e. The van der Waals surface area contributed by atoms with Crippen LogP contribution >= 0.6 is 0 Å². The van der Waals surface area contributed by atoms with E-state index in [1.54, 1.807) is 4.90 Å². The predicted molar refractivity (Wildman–Crippen MR) is 75.7 cm³/mol. The molecule has 0 bridgehead atoms. The number of methoxy groups -OCH3 is 1. The zero-order valence-corrected chi connectivity index (χ0v) is 12.0. The maximum absolute atomic E-state index is 13.2. The Balaban J connectivity index is 1.82. The van der Waals surface area contributed by atoms with Crippen molar-refractivity contribution < 1.29 is 18.7 Å². The van der Waals surface area contributed by atoms with Crippen LogP contribution in [-0.4, -0.2) is 43.5 Å². The highest BCUT2D eigenvalue weighted by Crippen LogP contribution is 2.19. The molecule has 1 aromatic carbocycles. The molecule has 1 aliphatic heterocycles. The van der Waals surface area contributed by atoms with Crippen LogP contribution in [0.3, 0.4) is 0 Å².